The van der Waals surface area contributed by atoms with Gasteiger partial charge < -0.3 is 9.64 Å². The van der Waals surface area contributed by atoms with Crippen LogP contribution in [-0.4, -0.2) is 30.5 Å². The summed E-state index contributed by atoms with van der Waals surface area (Å²) in [6.07, 6.45) is 4.38. The van der Waals surface area contributed by atoms with Crippen LogP contribution in [0.3, 0.4) is 0 Å². The first kappa shape index (κ1) is 21.5. The molecule has 0 unspecified atom stereocenters. The number of rotatable bonds is 7. The minimum Gasteiger partial charge on any atom is -0.484 e. The Morgan fingerprint density at radius 3 is 2.32 bits per heavy atom. The molecule has 1 aliphatic rings. The zero-order chi connectivity index (χ0) is 21.5. The fraction of sp³-hybridized carbons (Fsp3) is 0.296. The van der Waals surface area contributed by atoms with E-state index in [0.29, 0.717) is 16.7 Å². The van der Waals surface area contributed by atoms with E-state index in [9.17, 15) is 4.79 Å². The molecule has 1 fully saturated rings. The molecule has 3 aromatic carbocycles. The molecule has 0 spiro atoms. The highest BCUT2D eigenvalue weighted by molar-refractivity contribution is 6.30. The Labute approximate surface area is 189 Å². The van der Waals surface area contributed by atoms with Crippen molar-refractivity contribution >= 4 is 17.5 Å². The maximum atomic E-state index is 12.5. The number of ether oxygens (including phenoxy) is 1. The predicted molar refractivity (Wildman–Crippen MR) is 126 cm³/mol. The fourth-order valence-electron chi connectivity index (χ4n) is 4.13. The zero-order valence-electron chi connectivity index (χ0n) is 17.7. The Morgan fingerprint density at radius 2 is 1.61 bits per heavy atom. The lowest BCUT2D eigenvalue weighted by Crippen LogP contribution is -2.41. The number of hydrogen-bond donors (Lipinski definition) is 0. The summed E-state index contributed by atoms with van der Waals surface area (Å²) in [5.74, 6) is 1.36. The summed E-state index contributed by atoms with van der Waals surface area (Å²) in [6, 6.07) is 26.6. The van der Waals surface area contributed by atoms with E-state index in [-0.39, 0.29) is 12.5 Å². The van der Waals surface area contributed by atoms with Crippen LogP contribution in [0.1, 0.15) is 24.8 Å². The smallest absolute Gasteiger partial charge is 0.260 e. The molecule has 0 N–H and O–H groups in total. The predicted octanol–water partition coefficient (Wildman–Crippen LogP) is 6.26. The molecule has 0 aliphatic carbocycles. The summed E-state index contributed by atoms with van der Waals surface area (Å²) in [5.41, 5.74) is 3.90. The van der Waals surface area contributed by atoms with Crippen molar-refractivity contribution < 1.29 is 9.53 Å². The number of likely N-dealkylation sites (tertiary alicyclic amines) is 1. The van der Waals surface area contributed by atoms with Gasteiger partial charge in [-0.2, -0.15) is 0 Å². The lowest BCUT2D eigenvalue weighted by atomic mass is 9.90. The molecule has 160 valence electrons. The van der Waals surface area contributed by atoms with E-state index >= 15 is 0 Å². The number of aryl methyl sites for hydroxylation is 1. The van der Waals surface area contributed by atoms with Crippen molar-refractivity contribution in [3.05, 3.63) is 89.4 Å². The first-order chi connectivity index (χ1) is 15.2. The Kier molecular flexibility index (Phi) is 7.26. The summed E-state index contributed by atoms with van der Waals surface area (Å²) < 4.78 is 5.60. The normalized spacial score (nSPS) is 14.4. The molecule has 3 nitrogen and oxygen atoms in total. The van der Waals surface area contributed by atoms with Crippen LogP contribution in [0.5, 0.6) is 5.75 Å². The third kappa shape index (κ3) is 6.11. The van der Waals surface area contributed by atoms with Gasteiger partial charge in [0.25, 0.3) is 5.91 Å². The minimum atomic E-state index is 0.0509. The van der Waals surface area contributed by atoms with Gasteiger partial charge in [0.15, 0.2) is 6.61 Å². The number of hydrogen-bond acceptors (Lipinski definition) is 2. The van der Waals surface area contributed by atoms with Gasteiger partial charge in [-0.3, -0.25) is 4.79 Å². The molecule has 4 heteroatoms. The van der Waals surface area contributed by atoms with Gasteiger partial charge in [-0.25, -0.2) is 0 Å². The molecule has 4 rings (SSSR count). The van der Waals surface area contributed by atoms with E-state index in [0.717, 1.165) is 32.4 Å². The number of benzene rings is 3. The average molecular weight is 434 g/mol. The fourth-order valence-corrected chi connectivity index (χ4v) is 4.31. The molecular weight excluding hydrogens is 406 g/mol. The van der Waals surface area contributed by atoms with Gasteiger partial charge in [-0.05, 0) is 66.5 Å². The summed E-state index contributed by atoms with van der Waals surface area (Å²) in [7, 11) is 0. The van der Waals surface area contributed by atoms with E-state index in [4.69, 9.17) is 16.3 Å². The summed E-state index contributed by atoms with van der Waals surface area (Å²) in [6.45, 7) is 1.70. The SMILES string of the molecule is O=C(COc1cccc(Cl)c1)N1CCC(CCc2ccc(-c3ccccc3)cc2)CC1. The van der Waals surface area contributed by atoms with Crippen LogP contribution >= 0.6 is 11.6 Å². The van der Waals surface area contributed by atoms with Crippen LogP contribution in [0, 0.1) is 5.92 Å². The molecular formula is C27H28ClNO2. The Morgan fingerprint density at radius 1 is 0.903 bits per heavy atom. The Hall–Kier alpha value is -2.78. The third-order valence-corrected chi connectivity index (χ3v) is 6.26. The lowest BCUT2D eigenvalue weighted by molar-refractivity contribution is -0.134. The number of carbonyl (C=O) groups is 1. The molecule has 0 saturated carbocycles. The monoisotopic (exact) mass is 433 g/mol. The van der Waals surface area contributed by atoms with E-state index in [1.165, 1.54) is 23.1 Å². The molecule has 0 aromatic heterocycles. The number of piperidine rings is 1. The molecule has 0 radical (unpaired) electrons. The van der Waals surface area contributed by atoms with Crippen molar-refractivity contribution in [2.24, 2.45) is 5.92 Å². The van der Waals surface area contributed by atoms with Crippen molar-refractivity contribution in [2.75, 3.05) is 19.7 Å². The van der Waals surface area contributed by atoms with Crippen molar-refractivity contribution in [2.45, 2.75) is 25.7 Å². The summed E-state index contributed by atoms with van der Waals surface area (Å²) >= 11 is 5.96. The summed E-state index contributed by atoms with van der Waals surface area (Å²) in [4.78, 5) is 14.4. The second-order valence-corrected chi connectivity index (χ2v) is 8.61. The van der Waals surface area contributed by atoms with Crippen LogP contribution in [0.4, 0.5) is 0 Å². The van der Waals surface area contributed by atoms with E-state index < -0.39 is 0 Å². The molecule has 31 heavy (non-hydrogen) atoms. The molecule has 1 aliphatic heterocycles. The second-order valence-electron chi connectivity index (χ2n) is 8.17. The average Bonchev–Trinajstić information content (AvgIpc) is 2.82. The van der Waals surface area contributed by atoms with Crippen molar-refractivity contribution in [1.29, 1.82) is 0 Å². The number of halogens is 1. The van der Waals surface area contributed by atoms with Crippen LogP contribution in [0.2, 0.25) is 5.02 Å². The number of nitrogens with zero attached hydrogens (tertiary/aromatic N) is 1. The van der Waals surface area contributed by atoms with Crippen molar-refractivity contribution in [1.82, 2.24) is 4.90 Å². The quantitative estimate of drug-likeness (QED) is 0.440. The van der Waals surface area contributed by atoms with Crippen molar-refractivity contribution in [3.8, 4) is 16.9 Å². The molecule has 0 atom stereocenters. The first-order valence-electron chi connectivity index (χ1n) is 11.0. The highest BCUT2D eigenvalue weighted by Gasteiger charge is 2.23. The van der Waals surface area contributed by atoms with Crippen LogP contribution in [0.15, 0.2) is 78.9 Å². The van der Waals surface area contributed by atoms with Crippen molar-refractivity contribution in [3.63, 3.8) is 0 Å². The standard InChI is InChI=1S/C27H28ClNO2/c28-25-7-4-8-26(19-25)31-20-27(30)29-17-15-22(16-18-29)10-9-21-11-13-24(14-12-21)23-5-2-1-3-6-23/h1-8,11-14,19,22H,9-10,15-18,20H2. The highest BCUT2D eigenvalue weighted by Crippen LogP contribution is 2.25. The van der Waals surface area contributed by atoms with Gasteiger partial charge in [-0.15, -0.1) is 0 Å². The number of carbonyl (C=O) groups excluding carboxylic acids is 1. The van der Waals surface area contributed by atoms with E-state index in [2.05, 4.69) is 48.5 Å². The van der Waals surface area contributed by atoms with E-state index in [1.807, 2.05) is 23.1 Å². The molecule has 3 aromatic rings. The van der Waals surface area contributed by atoms with Gasteiger partial charge in [0.05, 0.1) is 0 Å². The second kappa shape index (κ2) is 10.5. The maximum absolute atomic E-state index is 12.5. The zero-order valence-corrected chi connectivity index (χ0v) is 18.4. The summed E-state index contributed by atoms with van der Waals surface area (Å²) in [5, 5.41) is 0.612. The van der Waals surface area contributed by atoms with Gasteiger partial charge >= 0.3 is 0 Å². The maximum Gasteiger partial charge on any atom is 0.260 e. The minimum absolute atomic E-state index is 0.0509. The van der Waals surface area contributed by atoms with Gasteiger partial charge in [-0.1, -0.05) is 72.3 Å². The van der Waals surface area contributed by atoms with Crippen LogP contribution in [0.25, 0.3) is 11.1 Å². The van der Waals surface area contributed by atoms with Gasteiger partial charge in [0, 0.05) is 18.1 Å². The van der Waals surface area contributed by atoms with E-state index in [1.54, 1.807) is 12.1 Å². The van der Waals surface area contributed by atoms with Crippen LogP contribution < -0.4 is 4.74 Å². The molecule has 1 heterocycles. The topological polar surface area (TPSA) is 29.5 Å². The molecule has 0 bridgehead atoms. The first-order valence-corrected chi connectivity index (χ1v) is 11.4. The Bertz CT molecular complexity index is 980. The largest absolute Gasteiger partial charge is 0.484 e. The highest BCUT2D eigenvalue weighted by atomic mass is 35.5. The van der Waals surface area contributed by atoms with Crippen LogP contribution in [-0.2, 0) is 11.2 Å². The molecule has 1 saturated heterocycles. The van der Waals surface area contributed by atoms with Gasteiger partial charge in [0.2, 0.25) is 0 Å². The Balaban J connectivity index is 1.19. The molecule has 1 amide bonds. The lowest BCUT2D eigenvalue weighted by Gasteiger charge is -2.32. The van der Waals surface area contributed by atoms with Gasteiger partial charge in [0.1, 0.15) is 5.75 Å². The third-order valence-electron chi connectivity index (χ3n) is 6.03. The number of amides is 1.